The summed E-state index contributed by atoms with van der Waals surface area (Å²) < 4.78 is 15.7. The third-order valence-corrected chi connectivity index (χ3v) is 3.35. The average molecular weight is 232 g/mol. The molecule has 1 fully saturated rings. The first kappa shape index (κ1) is 12.5. The molecule has 1 aliphatic rings. The molecule has 0 aromatic heterocycles. The molecule has 1 atom stereocenters. The van der Waals surface area contributed by atoms with Crippen LogP contribution in [0.25, 0.3) is 0 Å². The van der Waals surface area contributed by atoms with Gasteiger partial charge in [0.1, 0.15) is 12.7 Å². The van der Waals surface area contributed by atoms with Crippen molar-refractivity contribution in [1.29, 1.82) is 0 Å². The number of rotatable bonds is 4. The van der Waals surface area contributed by atoms with Crippen molar-refractivity contribution in [3.8, 4) is 0 Å². The van der Waals surface area contributed by atoms with E-state index >= 15 is 0 Å². The van der Waals surface area contributed by atoms with Crippen LogP contribution >= 0.6 is 0 Å². The Bertz CT molecular complexity index is 244. The van der Waals surface area contributed by atoms with Crippen LogP contribution in [0.2, 0.25) is 19.6 Å². The Kier molecular flexibility index (Phi) is 3.45. The van der Waals surface area contributed by atoms with E-state index in [1.807, 2.05) is 13.8 Å². The Morgan fingerprint density at radius 2 is 2.07 bits per heavy atom. The van der Waals surface area contributed by atoms with E-state index in [4.69, 9.17) is 13.9 Å². The van der Waals surface area contributed by atoms with Gasteiger partial charge < -0.3 is 13.9 Å². The van der Waals surface area contributed by atoms with Crippen LogP contribution in [0.1, 0.15) is 13.8 Å². The molecule has 1 rings (SSSR count). The summed E-state index contributed by atoms with van der Waals surface area (Å²) in [5.74, 6) is 0. The molecule has 0 saturated carbocycles. The first-order chi connectivity index (χ1) is 6.71. The summed E-state index contributed by atoms with van der Waals surface area (Å²) in [6.45, 7) is 11.4. The van der Waals surface area contributed by atoms with Crippen LogP contribution in [0.5, 0.6) is 0 Å². The van der Waals surface area contributed by atoms with Crippen molar-refractivity contribution in [1.82, 2.24) is 0 Å². The second kappa shape index (κ2) is 4.13. The molecule has 1 heterocycles. The highest BCUT2D eigenvalue weighted by atomic mass is 28.4. The lowest BCUT2D eigenvalue weighted by Crippen LogP contribution is -2.39. The van der Waals surface area contributed by atoms with Gasteiger partial charge in [-0.1, -0.05) is 13.8 Å². The number of ether oxygens (including phenoxy) is 2. The van der Waals surface area contributed by atoms with Crippen molar-refractivity contribution in [3.05, 3.63) is 0 Å². The van der Waals surface area contributed by atoms with Crippen LogP contribution in [0.15, 0.2) is 0 Å². The van der Waals surface area contributed by atoms with Gasteiger partial charge in [-0.2, -0.15) is 0 Å². The second-order valence-electron chi connectivity index (χ2n) is 5.56. The van der Waals surface area contributed by atoms with Crippen LogP contribution in [0.3, 0.4) is 0 Å². The van der Waals surface area contributed by atoms with Gasteiger partial charge in [0.05, 0.1) is 0 Å². The summed E-state index contributed by atoms with van der Waals surface area (Å²) in [5, 5.41) is 0. The summed E-state index contributed by atoms with van der Waals surface area (Å²) in [4.78, 5) is 10.8. The van der Waals surface area contributed by atoms with Gasteiger partial charge in [-0.15, -0.1) is 0 Å². The second-order valence-corrected chi connectivity index (χ2v) is 10.1. The van der Waals surface area contributed by atoms with E-state index in [1.165, 1.54) is 0 Å². The van der Waals surface area contributed by atoms with Gasteiger partial charge in [0.15, 0.2) is 8.32 Å². The maximum atomic E-state index is 10.8. The maximum absolute atomic E-state index is 10.8. The van der Waals surface area contributed by atoms with Crippen LogP contribution in [0.4, 0.5) is 4.79 Å². The average Bonchev–Trinajstić information content (AvgIpc) is 2.48. The quantitative estimate of drug-likeness (QED) is 0.551. The highest BCUT2D eigenvalue weighted by Crippen LogP contribution is 2.28. The van der Waals surface area contributed by atoms with Gasteiger partial charge in [-0.25, -0.2) is 4.79 Å². The molecule has 1 saturated heterocycles. The fourth-order valence-electron chi connectivity index (χ4n) is 1.21. The van der Waals surface area contributed by atoms with Gasteiger partial charge in [0, 0.05) is 12.0 Å². The van der Waals surface area contributed by atoms with E-state index in [1.54, 1.807) is 0 Å². The van der Waals surface area contributed by atoms with E-state index in [0.717, 1.165) is 0 Å². The molecule has 0 bridgehead atoms. The fraction of sp³-hybridized carbons (Fsp3) is 0.900. The molecule has 0 radical (unpaired) electrons. The third kappa shape index (κ3) is 3.83. The summed E-state index contributed by atoms with van der Waals surface area (Å²) >= 11 is 0. The molecule has 0 amide bonds. The minimum Gasteiger partial charge on any atom is -0.430 e. The lowest BCUT2D eigenvalue weighted by Gasteiger charge is -2.31. The summed E-state index contributed by atoms with van der Waals surface area (Å²) in [5.41, 5.74) is -0.188. The van der Waals surface area contributed by atoms with Crippen LogP contribution < -0.4 is 0 Å². The van der Waals surface area contributed by atoms with E-state index < -0.39 is 14.5 Å². The van der Waals surface area contributed by atoms with Crippen LogP contribution in [0, 0.1) is 5.41 Å². The van der Waals surface area contributed by atoms with Gasteiger partial charge in [0.25, 0.3) is 0 Å². The zero-order valence-electron chi connectivity index (χ0n) is 10.1. The Morgan fingerprint density at radius 1 is 1.47 bits per heavy atom. The smallest absolute Gasteiger partial charge is 0.430 e. The highest BCUT2D eigenvalue weighted by Gasteiger charge is 2.39. The number of hydrogen-bond donors (Lipinski definition) is 0. The Morgan fingerprint density at radius 3 is 2.47 bits per heavy atom. The van der Waals surface area contributed by atoms with Crippen LogP contribution in [-0.2, 0) is 13.9 Å². The first-order valence-electron chi connectivity index (χ1n) is 5.18. The standard InChI is InChI=1S/C10H20O4Si/c1-10(2,7-13-15(3,4)5)8-6-12-9(11)14-8/h8H,6-7H2,1-5H3. The third-order valence-electron chi connectivity index (χ3n) is 2.34. The lowest BCUT2D eigenvalue weighted by atomic mass is 9.88. The Balaban J connectivity index is 2.48. The number of cyclic esters (lactones) is 2. The zero-order valence-corrected chi connectivity index (χ0v) is 11.1. The largest absolute Gasteiger partial charge is 0.508 e. The molecular weight excluding hydrogens is 212 g/mol. The molecule has 4 nitrogen and oxygen atoms in total. The molecular formula is C10H20O4Si. The van der Waals surface area contributed by atoms with Crippen molar-refractivity contribution < 1.29 is 18.7 Å². The SMILES string of the molecule is CC(C)(CO[Si](C)(C)C)C1COC(=O)O1. The monoisotopic (exact) mass is 232 g/mol. The molecule has 1 unspecified atom stereocenters. The molecule has 15 heavy (non-hydrogen) atoms. The van der Waals surface area contributed by atoms with E-state index in [9.17, 15) is 4.79 Å². The fourth-order valence-corrected chi connectivity index (χ4v) is 2.01. The topological polar surface area (TPSA) is 44.8 Å². The van der Waals surface area contributed by atoms with Crippen molar-refractivity contribution in [3.63, 3.8) is 0 Å². The van der Waals surface area contributed by atoms with Crippen molar-refractivity contribution in [2.45, 2.75) is 39.6 Å². The molecule has 0 aromatic rings. The summed E-state index contributed by atoms with van der Waals surface area (Å²) in [7, 11) is -1.52. The molecule has 1 aliphatic heterocycles. The normalized spacial score (nSPS) is 22.5. The molecule has 0 spiro atoms. The Labute approximate surface area is 92.0 Å². The Hall–Kier alpha value is -0.553. The maximum Gasteiger partial charge on any atom is 0.508 e. The number of carbonyl (C=O) groups is 1. The van der Waals surface area contributed by atoms with Crippen LogP contribution in [-0.4, -0.2) is 33.8 Å². The summed E-state index contributed by atoms with van der Waals surface area (Å²) in [6.07, 6.45) is -0.762. The van der Waals surface area contributed by atoms with Gasteiger partial charge in [-0.05, 0) is 19.6 Å². The van der Waals surface area contributed by atoms with Gasteiger partial charge in [-0.3, -0.25) is 0 Å². The lowest BCUT2D eigenvalue weighted by molar-refractivity contribution is 0.0281. The highest BCUT2D eigenvalue weighted by molar-refractivity contribution is 6.69. The molecule has 0 aromatic carbocycles. The van der Waals surface area contributed by atoms with Gasteiger partial charge >= 0.3 is 6.16 Å². The number of hydrogen-bond acceptors (Lipinski definition) is 4. The molecule has 0 N–H and O–H groups in total. The van der Waals surface area contributed by atoms with Gasteiger partial charge in [0.2, 0.25) is 0 Å². The molecule has 0 aliphatic carbocycles. The van der Waals surface area contributed by atoms with Crippen molar-refractivity contribution in [2.24, 2.45) is 5.41 Å². The predicted molar refractivity (Wildman–Crippen MR) is 59.3 cm³/mol. The minimum absolute atomic E-state index is 0.188. The number of carbonyl (C=O) groups excluding carboxylic acids is 1. The van der Waals surface area contributed by atoms with E-state index in [0.29, 0.717) is 13.2 Å². The van der Waals surface area contributed by atoms with E-state index in [2.05, 4.69) is 19.6 Å². The van der Waals surface area contributed by atoms with E-state index in [-0.39, 0.29) is 11.5 Å². The zero-order chi connectivity index (χ0) is 11.7. The first-order valence-corrected chi connectivity index (χ1v) is 8.59. The molecule has 88 valence electrons. The molecule has 5 heteroatoms. The van der Waals surface area contributed by atoms with Crippen molar-refractivity contribution >= 4 is 14.5 Å². The van der Waals surface area contributed by atoms with Crippen molar-refractivity contribution in [2.75, 3.05) is 13.2 Å². The minimum atomic E-state index is -1.52. The predicted octanol–water partition coefficient (Wildman–Crippen LogP) is 2.40. The summed E-state index contributed by atoms with van der Waals surface area (Å²) in [6, 6.07) is 0.